The number of rotatable bonds is 9. The average Bonchev–Trinajstić information content (AvgIpc) is 3.37. The summed E-state index contributed by atoms with van der Waals surface area (Å²) in [4.78, 5) is 9.15. The summed E-state index contributed by atoms with van der Waals surface area (Å²) >= 11 is 0. The van der Waals surface area contributed by atoms with Crippen LogP contribution >= 0.6 is 0 Å². The lowest BCUT2D eigenvalue weighted by Gasteiger charge is -2.17. The fourth-order valence-corrected chi connectivity index (χ4v) is 3.75. The Labute approximate surface area is 214 Å². The predicted molar refractivity (Wildman–Crippen MR) is 142 cm³/mol. The Morgan fingerprint density at radius 1 is 1.00 bits per heavy atom. The van der Waals surface area contributed by atoms with Crippen LogP contribution < -0.4 is 16.0 Å². The SMILES string of the molecule is Cc1cc(/C=C/C#N)cc(C)c1Nc1nc(Nc2ccc(C#N)cc2)ncc1NCc1ccc(CO)o1. The molecule has 4 aromatic rings. The van der Waals surface area contributed by atoms with Crippen LogP contribution in [0.15, 0.2) is 65.2 Å². The van der Waals surface area contributed by atoms with Gasteiger partial charge in [0, 0.05) is 17.5 Å². The molecule has 0 radical (unpaired) electrons. The highest BCUT2D eigenvalue weighted by molar-refractivity contribution is 5.76. The largest absolute Gasteiger partial charge is 0.462 e. The van der Waals surface area contributed by atoms with Gasteiger partial charge in [0.15, 0.2) is 5.82 Å². The molecule has 4 rings (SSSR count). The monoisotopic (exact) mass is 491 g/mol. The quantitative estimate of drug-likeness (QED) is 0.217. The lowest BCUT2D eigenvalue weighted by Crippen LogP contribution is -2.08. The zero-order valence-corrected chi connectivity index (χ0v) is 20.4. The van der Waals surface area contributed by atoms with Crippen LogP contribution in [0.25, 0.3) is 6.08 Å². The third-order valence-electron chi connectivity index (χ3n) is 5.53. The van der Waals surface area contributed by atoms with Gasteiger partial charge in [0.05, 0.1) is 36.1 Å². The summed E-state index contributed by atoms with van der Waals surface area (Å²) in [7, 11) is 0. The molecule has 0 aliphatic carbocycles. The van der Waals surface area contributed by atoms with Gasteiger partial charge in [0.2, 0.25) is 5.95 Å². The first-order valence-electron chi connectivity index (χ1n) is 11.5. The lowest BCUT2D eigenvalue weighted by atomic mass is 10.0. The van der Waals surface area contributed by atoms with Gasteiger partial charge in [-0.05, 0) is 85.1 Å². The van der Waals surface area contributed by atoms with Crippen molar-refractivity contribution in [2.45, 2.75) is 27.0 Å². The lowest BCUT2D eigenvalue weighted by molar-refractivity contribution is 0.244. The van der Waals surface area contributed by atoms with Gasteiger partial charge in [-0.25, -0.2) is 4.98 Å². The van der Waals surface area contributed by atoms with Crippen molar-refractivity contribution in [2.24, 2.45) is 0 Å². The minimum absolute atomic E-state index is 0.163. The Hall–Kier alpha value is -5.12. The van der Waals surface area contributed by atoms with Crippen LogP contribution in [0.2, 0.25) is 0 Å². The normalized spacial score (nSPS) is 10.6. The Bertz CT molecular complexity index is 1490. The topological polar surface area (TPSA) is 143 Å². The molecule has 9 nitrogen and oxygen atoms in total. The van der Waals surface area contributed by atoms with E-state index in [9.17, 15) is 5.11 Å². The van der Waals surface area contributed by atoms with Crippen molar-refractivity contribution in [3.63, 3.8) is 0 Å². The number of aliphatic hydroxyl groups is 1. The molecule has 0 spiro atoms. The Balaban J connectivity index is 1.64. The van der Waals surface area contributed by atoms with E-state index in [1.165, 1.54) is 6.08 Å². The van der Waals surface area contributed by atoms with Gasteiger partial charge in [-0.1, -0.05) is 0 Å². The average molecular weight is 492 g/mol. The minimum atomic E-state index is -0.163. The molecule has 0 bridgehead atoms. The smallest absolute Gasteiger partial charge is 0.229 e. The van der Waals surface area contributed by atoms with Crippen molar-refractivity contribution in [3.8, 4) is 12.1 Å². The molecule has 0 unspecified atom stereocenters. The number of aromatic nitrogens is 2. The van der Waals surface area contributed by atoms with E-state index in [1.807, 2.05) is 32.0 Å². The van der Waals surface area contributed by atoms with Crippen molar-refractivity contribution in [1.29, 1.82) is 10.5 Å². The molecule has 0 saturated heterocycles. The third-order valence-corrected chi connectivity index (χ3v) is 5.53. The van der Waals surface area contributed by atoms with Gasteiger partial charge < -0.3 is 25.5 Å². The van der Waals surface area contributed by atoms with E-state index in [0.29, 0.717) is 41.1 Å². The number of aliphatic hydroxyl groups excluding tert-OH is 1. The zero-order valence-electron chi connectivity index (χ0n) is 20.4. The van der Waals surface area contributed by atoms with Gasteiger partial charge in [-0.2, -0.15) is 15.5 Å². The molecule has 37 heavy (non-hydrogen) atoms. The van der Waals surface area contributed by atoms with E-state index in [-0.39, 0.29) is 6.61 Å². The molecule has 0 aliphatic heterocycles. The van der Waals surface area contributed by atoms with Crippen LogP contribution in [0.5, 0.6) is 0 Å². The van der Waals surface area contributed by atoms with E-state index in [1.54, 1.807) is 48.7 Å². The van der Waals surface area contributed by atoms with Gasteiger partial charge in [0.1, 0.15) is 18.1 Å². The second kappa shape index (κ2) is 11.5. The van der Waals surface area contributed by atoms with Gasteiger partial charge in [-0.3, -0.25) is 0 Å². The summed E-state index contributed by atoms with van der Waals surface area (Å²) in [5.74, 6) is 2.08. The number of hydrogen-bond acceptors (Lipinski definition) is 9. The second-order valence-corrected chi connectivity index (χ2v) is 8.27. The van der Waals surface area contributed by atoms with E-state index >= 15 is 0 Å². The maximum absolute atomic E-state index is 9.26. The van der Waals surface area contributed by atoms with Crippen molar-refractivity contribution < 1.29 is 9.52 Å². The number of nitriles is 2. The van der Waals surface area contributed by atoms with E-state index in [4.69, 9.17) is 19.9 Å². The number of benzene rings is 2. The summed E-state index contributed by atoms with van der Waals surface area (Å²) in [6.07, 6.45) is 4.89. The molecule has 0 atom stereocenters. The highest BCUT2D eigenvalue weighted by Crippen LogP contribution is 2.30. The molecule has 0 amide bonds. The van der Waals surface area contributed by atoms with E-state index < -0.39 is 0 Å². The maximum atomic E-state index is 9.26. The number of anilines is 5. The molecule has 184 valence electrons. The van der Waals surface area contributed by atoms with Crippen LogP contribution in [0.4, 0.5) is 28.8 Å². The first-order valence-corrected chi connectivity index (χ1v) is 11.5. The Morgan fingerprint density at radius 2 is 1.73 bits per heavy atom. The van der Waals surface area contributed by atoms with Gasteiger partial charge in [-0.15, -0.1) is 0 Å². The van der Waals surface area contributed by atoms with Crippen LogP contribution in [-0.4, -0.2) is 15.1 Å². The van der Waals surface area contributed by atoms with Gasteiger partial charge in [0.25, 0.3) is 0 Å². The van der Waals surface area contributed by atoms with Crippen molar-refractivity contribution in [2.75, 3.05) is 16.0 Å². The minimum Gasteiger partial charge on any atom is -0.462 e. The fraction of sp³-hybridized carbons (Fsp3) is 0.143. The molecule has 4 N–H and O–H groups in total. The summed E-state index contributed by atoms with van der Waals surface area (Å²) in [5, 5.41) is 37.0. The maximum Gasteiger partial charge on any atom is 0.229 e. The fourth-order valence-electron chi connectivity index (χ4n) is 3.75. The van der Waals surface area contributed by atoms with Crippen LogP contribution in [0, 0.1) is 36.5 Å². The van der Waals surface area contributed by atoms with Crippen molar-refractivity contribution >= 4 is 34.9 Å². The summed E-state index contributed by atoms with van der Waals surface area (Å²) in [6, 6.07) is 18.7. The first-order chi connectivity index (χ1) is 18.0. The molecule has 0 fully saturated rings. The Kier molecular flexibility index (Phi) is 7.79. The van der Waals surface area contributed by atoms with E-state index in [2.05, 4.69) is 27.0 Å². The van der Waals surface area contributed by atoms with Crippen LogP contribution in [-0.2, 0) is 13.2 Å². The van der Waals surface area contributed by atoms with E-state index in [0.717, 1.165) is 28.1 Å². The molecule has 9 heteroatoms. The second-order valence-electron chi connectivity index (χ2n) is 8.27. The number of furan rings is 1. The number of nitrogens with zero attached hydrogens (tertiary/aromatic N) is 4. The standard InChI is InChI=1S/C28H25N7O2/c1-18-12-21(4-3-11-29)13-19(2)26(18)34-27-25(31-15-23-9-10-24(17-36)37-23)16-32-28(35-27)33-22-7-5-20(14-30)6-8-22/h3-10,12-13,16,31,36H,15,17H2,1-2H3,(H2,32,33,34,35)/b4-3+. The van der Waals surface area contributed by atoms with Crippen LogP contribution in [0.1, 0.15) is 33.8 Å². The third kappa shape index (κ3) is 6.31. The molecule has 2 aromatic heterocycles. The zero-order chi connectivity index (χ0) is 26.2. The molecule has 0 saturated carbocycles. The van der Waals surface area contributed by atoms with Crippen molar-refractivity contribution in [3.05, 3.63) is 94.6 Å². The highest BCUT2D eigenvalue weighted by Gasteiger charge is 2.13. The number of allylic oxidation sites excluding steroid dienone is 1. The summed E-state index contributed by atoms with van der Waals surface area (Å²) < 4.78 is 5.58. The predicted octanol–water partition coefficient (Wildman–Crippen LogP) is 5.69. The molecule has 2 heterocycles. The molecular weight excluding hydrogens is 466 g/mol. The van der Waals surface area contributed by atoms with Crippen molar-refractivity contribution in [1.82, 2.24) is 9.97 Å². The highest BCUT2D eigenvalue weighted by atomic mass is 16.4. The van der Waals surface area contributed by atoms with Crippen LogP contribution in [0.3, 0.4) is 0 Å². The molecule has 2 aromatic carbocycles. The first kappa shape index (κ1) is 25.0. The molecular formula is C28H25N7O2. The summed E-state index contributed by atoms with van der Waals surface area (Å²) in [5.41, 5.74) is 5.77. The van der Waals surface area contributed by atoms with Gasteiger partial charge >= 0.3 is 0 Å². The summed E-state index contributed by atoms with van der Waals surface area (Å²) in [6.45, 7) is 4.19. The number of aryl methyl sites for hydroxylation is 2. The number of hydrogen-bond donors (Lipinski definition) is 4. The molecule has 0 aliphatic rings. The Morgan fingerprint density at radius 3 is 2.38 bits per heavy atom. The number of nitrogens with one attached hydrogen (secondary N) is 3.